The Morgan fingerprint density at radius 3 is 2.67 bits per heavy atom. The molecule has 0 atom stereocenters. The van der Waals surface area contributed by atoms with Gasteiger partial charge in [0.15, 0.2) is 5.16 Å². The maximum Gasteiger partial charge on any atom is 0.275 e. The van der Waals surface area contributed by atoms with Gasteiger partial charge >= 0.3 is 0 Å². The summed E-state index contributed by atoms with van der Waals surface area (Å²) in [5, 5.41) is 0.399. The van der Waals surface area contributed by atoms with E-state index in [1.807, 2.05) is 29.2 Å². The summed E-state index contributed by atoms with van der Waals surface area (Å²) in [7, 11) is 1.58. The molecule has 144 valence electrons. The molecular formula is C19H24N4O3S. The van der Waals surface area contributed by atoms with Crippen molar-refractivity contribution in [3.8, 4) is 11.4 Å². The first kappa shape index (κ1) is 19.3. The summed E-state index contributed by atoms with van der Waals surface area (Å²) in [5.74, 6) is 1.23. The molecule has 0 unspecified atom stereocenters. The van der Waals surface area contributed by atoms with Crippen LogP contribution in [0, 0.1) is 0 Å². The maximum absolute atomic E-state index is 12.6. The Hall–Kier alpha value is -2.48. The smallest absolute Gasteiger partial charge is 0.275 e. The molecule has 1 fully saturated rings. The van der Waals surface area contributed by atoms with Crippen molar-refractivity contribution in [2.75, 3.05) is 31.7 Å². The van der Waals surface area contributed by atoms with Crippen LogP contribution in [0.15, 0.2) is 40.3 Å². The quantitative estimate of drug-likeness (QED) is 0.624. The van der Waals surface area contributed by atoms with Crippen LogP contribution >= 0.6 is 11.8 Å². The van der Waals surface area contributed by atoms with Gasteiger partial charge < -0.3 is 15.4 Å². The Kier molecular flexibility index (Phi) is 6.39. The number of nitrogen functional groups attached to an aromatic ring is 1. The van der Waals surface area contributed by atoms with Gasteiger partial charge in [-0.25, -0.2) is 0 Å². The van der Waals surface area contributed by atoms with Gasteiger partial charge in [-0.2, -0.15) is 4.98 Å². The number of methoxy groups -OCH3 is 1. The van der Waals surface area contributed by atoms with Gasteiger partial charge in [0, 0.05) is 25.2 Å². The van der Waals surface area contributed by atoms with E-state index in [4.69, 9.17) is 10.5 Å². The number of hydrogen-bond acceptors (Lipinski definition) is 6. The number of benzene rings is 1. The molecule has 1 aliphatic heterocycles. The second-order valence-electron chi connectivity index (χ2n) is 6.42. The summed E-state index contributed by atoms with van der Waals surface area (Å²) in [6.45, 7) is 1.60. The van der Waals surface area contributed by atoms with Gasteiger partial charge in [0.1, 0.15) is 11.6 Å². The van der Waals surface area contributed by atoms with E-state index in [1.165, 1.54) is 30.7 Å². The minimum Gasteiger partial charge on any atom is -0.497 e. The van der Waals surface area contributed by atoms with Crippen LogP contribution in [-0.2, 0) is 4.79 Å². The van der Waals surface area contributed by atoms with E-state index in [2.05, 4.69) is 4.98 Å². The van der Waals surface area contributed by atoms with Crippen LogP contribution in [0.3, 0.4) is 0 Å². The number of carbonyl (C=O) groups excluding carboxylic acids is 1. The number of thioether (sulfide) groups is 1. The molecule has 1 aliphatic rings. The highest BCUT2D eigenvalue weighted by Gasteiger charge is 2.18. The number of carbonyl (C=O) groups is 1. The number of amides is 1. The first-order valence-electron chi connectivity index (χ1n) is 9.03. The summed E-state index contributed by atoms with van der Waals surface area (Å²) in [6.07, 6.45) is 4.43. The molecule has 0 aliphatic carbocycles. The lowest BCUT2D eigenvalue weighted by Crippen LogP contribution is -2.33. The van der Waals surface area contributed by atoms with E-state index in [1.54, 1.807) is 11.7 Å². The molecule has 1 saturated heterocycles. The Labute approximate surface area is 162 Å². The topological polar surface area (TPSA) is 90.5 Å². The summed E-state index contributed by atoms with van der Waals surface area (Å²) in [6, 6.07) is 8.60. The Bertz CT molecular complexity index is 860. The molecule has 2 heterocycles. The predicted molar refractivity (Wildman–Crippen MR) is 107 cm³/mol. The van der Waals surface area contributed by atoms with Crippen molar-refractivity contribution >= 4 is 23.5 Å². The monoisotopic (exact) mass is 388 g/mol. The summed E-state index contributed by atoms with van der Waals surface area (Å²) < 4.78 is 6.94. The van der Waals surface area contributed by atoms with E-state index in [9.17, 15) is 9.59 Å². The average molecular weight is 388 g/mol. The lowest BCUT2D eigenvalue weighted by Gasteiger charge is -2.20. The molecule has 2 N–H and O–H groups in total. The van der Waals surface area contributed by atoms with E-state index >= 15 is 0 Å². The zero-order chi connectivity index (χ0) is 19.2. The number of aromatic nitrogens is 2. The summed E-state index contributed by atoms with van der Waals surface area (Å²) in [5.41, 5.74) is 6.40. The van der Waals surface area contributed by atoms with Crippen LogP contribution in [0.25, 0.3) is 5.69 Å². The number of rotatable bonds is 5. The molecule has 7 nitrogen and oxygen atoms in total. The number of ether oxygens (including phenoxy) is 1. The number of likely N-dealkylation sites (tertiary alicyclic amines) is 1. The summed E-state index contributed by atoms with van der Waals surface area (Å²) in [4.78, 5) is 30.4. The van der Waals surface area contributed by atoms with Crippen LogP contribution in [0.5, 0.6) is 5.75 Å². The van der Waals surface area contributed by atoms with Gasteiger partial charge in [0.25, 0.3) is 5.56 Å². The van der Waals surface area contributed by atoms with Crippen molar-refractivity contribution in [3.63, 3.8) is 0 Å². The SMILES string of the molecule is COc1cccc(-n2c(N)cc(=O)nc2SCC(=O)N2CCCCCC2)c1. The molecular weight excluding hydrogens is 364 g/mol. The second kappa shape index (κ2) is 8.94. The Balaban J connectivity index is 1.84. The first-order valence-corrected chi connectivity index (χ1v) is 10.0. The highest BCUT2D eigenvalue weighted by molar-refractivity contribution is 7.99. The van der Waals surface area contributed by atoms with Gasteiger partial charge in [0.05, 0.1) is 18.6 Å². The lowest BCUT2D eigenvalue weighted by molar-refractivity contribution is -0.128. The molecule has 1 amide bonds. The van der Waals surface area contributed by atoms with E-state index in [0.717, 1.165) is 31.6 Å². The van der Waals surface area contributed by atoms with Crippen LogP contribution in [0.2, 0.25) is 0 Å². The van der Waals surface area contributed by atoms with Crippen LogP contribution in [0.4, 0.5) is 5.82 Å². The third-order valence-electron chi connectivity index (χ3n) is 4.52. The van der Waals surface area contributed by atoms with Crippen molar-refractivity contribution in [3.05, 3.63) is 40.7 Å². The van der Waals surface area contributed by atoms with Gasteiger partial charge in [-0.3, -0.25) is 14.2 Å². The molecule has 0 spiro atoms. The molecule has 0 bridgehead atoms. The van der Waals surface area contributed by atoms with Crippen molar-refractivity contribution in [1.29, 1.82) is 0 Å². The first-order chi connectivity index (χ1) is 13.1. The second-order valence-corrected chi connectivity index (χ2v) is 7.36. The molecule has 3 rings (SSSR count). The van der Waals surface area contributed by atoms with Crippen molar-refractivity contribution in [2.24, 2.45) is 0 Å². The van der Waals surface area contributed by atoms with Crippen molar-refractivity contribution in [1.82, 2.24) is 14.5 Å². The average Bonchev–Trinajstić information content (AvgIpc) is 2.95. The minimum absolute atomic E-state index is 0.0655. The normalized spacial score (nSPS) is 14.6. The molecule has 27 heavy (non-hydrogen) atoms. The lowest BCUT2D eigenvalue weighted by atomic mass is 10.2. The standard InChI is InChI=1S/C19H24N4O3S/c1-26-15-8-6-7-14(11-15)23-16(20)12-17(24)21-19(23)27-13-18(25)22-9-4-2-3-5-10-22/h6-8,11-12H,2-5,9-10,13,20H2,1H3. The zero-order valence-electron chi connectivity index (χ0n) is 15.4. The molecule has 0 radical (unpaired) electrons. The minimum atomic E-state index is -0.420. The Morgan fingerprint density at radius 1 is 1.22 bits per heavy atom. The zero-order valence-corrected chi connectivity index (χ0v) is 16.2. The maximum atomic E-state index is 12.6. The van der Waals surface area contributed by atoms with Crippen LogP contribution in [0.1, 0.15) is 25.7 Å². The number of nitrogens with two attached hydrogens (primary N) is 1. The van der Waals surface area contributed by atoms with Crippen molar-refractivity contribution in [2.45, 2.75) is 30.8 Å². The highest BCUT2D eigenvalue weighted by Crippen LogP contribution is 2.25. The summed E-state index contributed by atoms with van der Waals surface area (Å²) >= 11 is 1.23. The fraction of sp³-hybridized carbons (Fsp3) is 0.421. The third kappa shape index (κ3) is 4.82. The van der Waals surface area contributed by atoms with Gasteiger partial charge in [0.2, 0.25) is 5.91 Å². The molecule has 8 heteroatoms. The number of anilines is 1. The third-order valence-corrected chi connectivity index (χ3v) is 5.45. The number of nitrogens with zero attached hydrogens (tertiary/aromatic N) is 3. The van der Waals surface area contributed by atoms with Gasteiger partial charge in [-0.1, -0.05) is 30.7 Å². The fourth-order valence-electron chi connectivity index (χ4n) is 3.12. The van der Waals surface area contributed by atoms with Crippen molar-refractivity contribution < 1.29 is 9.53 Å². The predicted octanol–water partition coefficient (Wildman–Crippen LogP) is 2.32. The van der Waals surface area contributed by atoms with Crippen LogP contribution < -0.4 is 16.0 Å². The highest BCUT2D eigenvalue weighted by atomic mass is 32.2. The molecule has 1 aromatic carbocycles. The number of hydrogen-bond donors (Lipinski definition) is 1. The molecule has 1 aromatic heterocycles. The fourth-order valence-corrected chi connectivity index (χ4v) is 4.05. The van der Waals surface area contributed by atoms with Gasteiger partial charge in [-0.05, 0) is 25.0 Å². The van der Waals surface area contributed by atoms with E-state index in [-0.39, 0.29) is 17.5 Å². The largest absolute Gasteiger partial charge is 0.497 e. The van der Waals surface area contributed by atoms with Gasteiger partial charge in [-0.15, -0.1) is 0 Å². The molecule has 2 aromatic rings. The van der Waals surface area contributed by atoms with E-state index < -0.39 is 5.56 Å². The van der Waals surface area contributed by atoms with E-state index in [0.29, 0.717) is 10.9 Å². The molecule has 0 saturated carbocycles. The van der Waals surface area contributed by atoms with Crippen LogP contribution in [-0.4, -0.2) is 46.3 Å². The Morgan fingerprint density at radius 2 is 1.96 bits per heavy atom.